The van der Waals surface area contributed by atoms with E-state index in [0.717, 1.165) is 20.8 Å². The molecule has 0 bridgehead atoms. The van der Waals surface area contributed by atoms with Crippen molar-refractivity contribution >= 4 is 55.5 Å². The lowest BCUT2D eigenvalue weighted by Gasteiger charge is -2.05. The topological polar surface area (TPSA) is 84.0 Å². The lowest BCUT2D eigenvalue weighted by atomic mass is 10.2. The lowest BCUT2D eigenvalue weighted by molar-refractivity contribution is -0.115. The van der Waals surface area contributed by atoms with Crippen molar-refractivity contribution in [3.8, 4) is 10.6 Å². The average molecular weight is 485 g/mol. The number of amides is 2. The van der Waals surface area contributed by atoms with Crippen molar-refractivity contribution in [3.05, 3.63) is 95.0 Å². The summed E-state index contributed by atoms with van der Waals surface area (Å²) in [4.78, 5) is 33.8. The SMILES string of the molecule is Cc1ccc2nc(-c3ccc(NC(=O)Cc4csc(NC(=O)c5ccccc5)n4)cc3)sc2c1. The van der Waals surface area contributed by atoms with E-state index < -0.39 is 0 Å². The molecule has 0 saturated carbocycles. The summed E-state index contributed by atoms with van der Waals surface area (Å²) in [5, 5.41) is 8.86. The minimum absolute atomic E-state index is 0.122. The first-order valence-electron chi connectivity index (χ1n) is 10.6. The van der Waals surface area contributed by atoms with Gasteiger partial charge in [0.2, 0.25) is 5.91 Å². The summed E-state index contributed by atoms with van der Waals surface area (Å²) in [5.74, 6) is -0.399. The highest BCUT2D eigenvalue weighted by Crippen LogP contribution is 2.31. The Kier molecular flexibility index (Phi) is 6.16. The van der Waals surface area contributed by atoms with Gasteiger partial charge in [0, 0.05) is 22.2 Å². The fourth-order valence-corrected chi connectivity index (χ4v) is 5.20. The molecule has 2 heterocycles. The standard InChI is InChI=1S/C26H20N4O2S2/c1-16-7-12-21-22(13-16)34-25(29-21)18-8-10-19(11-9-18)27-23(31)14-20-15-33-26(28-20)30-24(32)17-5-3-2-4-6-17/h2-13,15H,14H2,1H3,(H,27,31)(H,28,30,32). The second-order valence-corrected chi connectivity index (χ2v) is 9.65. The molecule has 5 aromatic rings. The summed E-state index contributed by atoms with van der Waals surface area (Å²) in [6.07, 6.45) is 0.122. The van der Waals surface area contributed by atoms with Crippen LogP contribution in [0.4, 0.5) is 10.8 Å². The number of thiazole rings is 2. The van der Waals surface area contributed by atoms with Crippen LogP contribution in [-0.2, 0) is 11.2 Å². The fourth-order valence-electron chi connectivity index (χ4n) is 3.43. The monoisotopic (exact) mass is 484 g/mol. The molecule has 3 aromatic carbocycles. The quantitative estimate of drug-likeness (QED) is 0.302. The maximum Gasteiger partial charge on any atom is 0.257 e. The van der Waals surface area contributed by atoms with Crippen LogP contribution in [0, 0.1) is 6.92 Å². The van der Waals surface area contributed by atoms with Crippen molar-refractivity contribution in [2.45, 2.75) is 13.3 Å². The van der Waals surface area contributed by atoms with E-state index in [1.165, 1.54) is 16.9 Å². The predicted molar refractivity (Wildman–Crippen MR) is 139 cm³/mol. The Morgan fingerprint density at radius 2 is 1.71 bits per heavy atom. The molecule has 0 fully saturated rings. The molecule has 168 valence electrons. The maximum absolute atomic E-state index is 12.5. The van der Waals surface area contributed by atoms with Crippen LogP contribution < -0.4 is 10.6 Å². The Bertz CT molecular complexity index is 1470. The third kappa shape index (κ3) is 5.03. The Labute approximate surface area is 204 Å². The van der Waals surface area contributed by atoms with Crippen molar-refractivity contribution in [1.82, 2.24) is 9.97 Å². The smallest absolute Gasteiger partial charge is 0.257 e. The van der Waals surface area contributed by atoms with Crippen LogP contribution in [-0.4, -0.2) is 21.8 Å². The van der Waals surface area contributed by atoms with Gasteiger partial charge in [-0.1, -0.05) is 24.3 Å². The average Bonchev–Trinajstić information content (AvgIpc) is 3.46. The van der Waals surface area contributed by atoms with Gasteiger partial charge in [-0.2, -0.15) is 0 Å². The van der Waals surface area contributed by atoms with Gasteiger partial charge < -0.3 is 5.32 Å². The highest BCUT2D eigenvalue weighted by atomic mass is 32.1. The van der Waals surface area contributed by atoms with E-state index in [1.807, 2.05) is 36.4 Å². The van der Waals surface area contributed by atoms with Gasteiger partial charge in [0.15, 0.2) is 5.13 Å². The van der Waals surface area contributed by atoms with Crippen LogP contribution >= 0.6 is 22.7 Å². The first-order chi connectivity index (χ1) is 16.5. The number of hydrogen-bond acceptors (Lipinski definition) is 6. The minimum Gasteiger partial charge on any atom is -0.326 e. The van der Waals surface area contributed by atoms with Gasteiger partial charge >= 0.3 is 0 Å². The molecule has 34 heavy (non-hydrogen) atoms. The van der Waals surface area contributed by atoms with Gasteiger partial charge in [-0.3, -0.25) is 14.9 Å². The second kappa shape index (κ2) is 9.54. The molecule has 6 nitrogen and oxygen atoms in total. The number of rotatable bonds is 6. The molecule has 2 N–H and O–H groups in total. The molecule has 0 aliphatic heterocycles. The number of aryl methyl sites for hydroxylation is 1. The summed E-state index contributed by atoms with van der Waals surface area (Å²) in [5.41, 5.74) is 5.08. The lowest BCUT2D eigenvalue weighted by Crippen LogP contribution is -2.15. The third-order valence-corrected chi connectivity index (χ3v) is 6.98. The zero-order valence-electron chi connectivity index (χ0n) is 18.2. The fraction of sp³-hybridized carbons (Fsp3) is 0.0769. The van der Waals surface area contributed by atoms with Gasteiger partial charge in [-0.15, -0.1) is 22.7 Å². The number of benzene rings is 3. The van der Waals surface area contributed by atoms with E-state index in [4.69, 9.17) is 4.98 Å². The van der Waals surface area contributed by atoms with E-state index in [-0.39, 0.29) is 18.2 Å². The van der Waals surface area contributed by atoms with Crippen molar-refractivity contribution in [1.29, 1.82) is 0 Å². The van der Waals surface area contributed by atoms with E-state index in [9.17, 15) is 9.59 Å². The molecule has 0 atom stereocenters. The van der Waals surface area contributed by atoms with Gasteiger partial charge in [-0.05, 0) is 61.0 Å². The van der Waals surface area contributed by atoms with Crippen LogP contribution in [0.2, 0.25) is 0 Å². The molecule has 8 heteroatoms. The van der Waals surface area contributed by atoms with Gasteiger partial charge in [0.05, 0.1) is 22.3 Å². The van der Waals surface area contributed by atoms with Crippen LogP contribution in [0.1, 0.15) is 21.6 Å². The van der Waals surface area contributed by atoms with Crippen LogP contribution in [0.5, 0.6) is 0 Å². The maximum atomic E-state index is 12.5. The largest absolute Gasteiger partial charge is 0.326 e. The van der Waals surface area contributed by atoms with E-state index in [0.29, 0.717) is 22.1 Å². The number of nitrogens with zero attached hydrogens (tertiary/aromatic N) is 2. The number of hydrogen-bond donors (Lipinski definition) is 2. The third-order valence-electron chi connectivity index (χ3n) is 5.11. The summed E-state index contributed by atoms with van der Waals surface area (Å²) >= 11 is 2.95. The number of nitrogens with one attached hydrogen (secondary N) is 2. The first kappa shape index (κ1) is 21.9. The summed E-state index contributed by atoms with van der Waals surface area (Å²) in [6.45, 7) is 2.07. The molecule has 0 aliphatic rings. The molecular formula is C26H20N4O2S2. The zero-order valence-corrected chi connectivity index (χ0v) is 19.9. The number of anilines is 2. The Morgan fingerprint density at radius 1 is 0.912 bits per heavy atom. The number of aromatic nitrogens is 2. The number of carbonyl (C=O) groups is 2. The number of carbonyl (C=O) groups excluding carboxylic acids is 2. The zero-order chi connectivity index (χ0) is 23.5. The predicted octanol–water partition coefficient (Wildman–Crippen LogP) is 6.16. The Morgan fingerprint density at radius 3 is 2.50 bits per heavy atom. The van der Waals surface area contributed by atoms with Crippen molar-refractivity contribution < 1.29 is 9.59 Å². The minimum atomic E-state index is -0.227. The molecule has 0 spiro atoms. The van der Waals surface area contributed by atoms with Crippen molar-refractivity contribution in [2.24, 2.45) is 0 Å². The molecule has 2 aromatic heterocycles. The van der Waals surface area contributed by atoms with Crippen LogP contribution in [0.25, 0.3) is 20.8 Å². The highest BCUT2D eigenvalue weighted by molar-refractivity contribution is 7.21. The Balaban J connectivity index is 1.19. The molecule has 0 aliphatic carbocycles. The molecule has 5 rings (SSSR count). The molecule has 0 unspecified atom stereocenters. The first-order valence-corrected chi connectivity index (χ1v) is 12.3. The highest BCUT2D eigenvalue weighted by Gasteiger charge is 2.12. The summed E-state index contributed by atoms with van der Waals surface area (Å²) < 4.78 is 1.16. The normalized spacial score (nSPS) is 10.9. The second-order valence-electron chi connectivity index (χ2n) is 7.76. The van der Waals surface area contributed by atoms with Gasteiger partial charge in [0.1, 0.15) is 5.01 Å². The Hall–Kier alpha value is -3.88. The van der Waals surface area contributed by atoms with Crippen molar-refractivity contribution in [3.63, 3.8) is 0 Å². The molecule has 0 saturated heterocycles. The van der Waals surface area contributed by atoms with E-state index in [1.54, 1.807) is 41.0 Å². The van der Waals surface area contributed by atoms with Crippen LogP contribution in [0.15, 0.2) is 78.2 Å². The molecular weight excluding hydrogens is 464 g/mol. The van der Waals surface area contributed by atoms with Gasteiger partial charge in [-0.25, -0.2) is 9.97 Å². The molecule has 2 amide bonds. The number of fused-ring (bicyclic) bond motifs is 1. The summed E-state index contributed by atoms with van der Waals surface area (Å²) in [6, 6.07) is 22.8. The van der Waals surface area contributed by atoms with Crippen LogP contribution in [0.3, 0.4) is 0 Å². The van der Waals surface area contributed by atoms with Gasteiger partial charge in [0.25, 0.3) is 5.91 Å². The summed E-state index contributed by atoms with van der Waals surface area (Å²) in [7, 11) is 0. The molecule has 0 radical (unpaired) electrons. The van der Waals surface area contributed by atoms with Crippen molar-refractivity contribution in [2.75, 3.05) is 10.6 Å². The van der Waals surface area contributed by atoms with E-state index in [2.05, 4.69) is 34.7 Å². The van der Waals surface area contributed by atoms with E-state index >= 15 is 0 Å².